The number of amides is 1. The molecule has 1 unspecified atom stereocenters. The smallest absolute Gasteiger partial charge is 0.240 e. The van der Waals surface area contributed by atoms with E-state index in [1.807, 2.05) is 29.2 Å². The molecule has 1 aromatic rings. The van der Waals surface area contributed by atoms with Crippen molar-refractivity contribution in [3.63, 3.8) is 0 Å². The second kappa shape index (κ2) is 6.59. The highest BCUT2D eigenvalue weighted by Crippen LogP contribution is 2.33. The molecule has 4 heteroatoms. The number of nitrogens with two attached hydrogens (primary N) is 1. The largest absolute Gasteiger partial charge is 0.334 e. The molecule has 0 bridgehead atoms. The molecular weight excluding hydrogens is 272 g/mol. The molecule has 2 atom stereocenters. The molecule has 110 valence electrons. The molecule has 1 aromatic carbocycles. The molecule has 20 heavy (non-hydrogen) atoms. The number of rotatable bonds is 4. The number of hydrogen-bond donors (Lipinski definition) is 1. The molecule has 1 fully saturated rings. The maximum atomic E-state index is 12.5. The van der Waals surface area contributed by atoms with Gasteiger partial charge in [-0.15, -0.1) is 0 Å². The first-order valence-electron chi connectivity index (χ1n) is 7.30. The predicted molar refractivity (Wildman–Crippen MR) is 82.6 cm³/mol. The van der Waals surface area contributed by atoms with E-state index in [-0.39, 0.29) is 11.9 Å². The summed E-state index contributed by atoms with van der Waals surface area (Å²) < 4.78 is 0. The van der Waals surface area contributed by atoms with Crippen LogP contribution in [0.15, 0.2) is 24.3 Å². The van der Waals surface area contributed by atoms with E-state index in [0.717, 1.165) is 31.4 Å². The summed E-state index contributed by atoms with van der Waals surface area (Å²) in [6, 6.07) is 7.51. The van der Waals surface area contributed by atoms with Crippen LogP contribution in [0.3, 0.4) is 0 Å². The number of carbonyl (C=O) groups excluding carboxylic acids is 1. The summed E-state index contributed by atoms with van der Waals surface area (Å²) in [4.78, 5) is 14.4. The minimum atomic E-state index is -0.394. The van der Waals surface area contributed by atoms with E-state index in [0.29, 0.717) is 10.9 Å². The predicted octanol–water partition coefficient (Wildman–Crippen LogP) is 3.38. The van der Waals surface area contributed by atoms with Crippen molar-refractivity contribution in [2.24, 2.45) is 11.7 Å². The van der Waals surface area contributed by atoms with Gasteiger partial charge in [-0.2, -0.15) is 0 Å². The highest BCUT2D eigenvalue weighted by molar-refractivity contribution is 6.30. The van der Waals surface area contributed by atoms with Gasteiger partial charge in [0.1, 0.15) is 0 Å². The van der Waals surface area contributed by atoms with Crippen molar-refractivity contribution in [1.82, 2.24) is 4.90 Å². The first-order chi connectivity index (χ1) is 9.49. The molecule has 2 rings (SSSR count). The number of nitrogens with zero attached hydrogens (tertiary/aromatic N) is 1. The molecule has 0 spiro atoms. The number of carbonyl (C=O) groups is 1. The van der Waals surface area contributed by atoms with E-state index >= 15 is 0 Å². The van der Waals surface area contributed by atoms with Crippen LogP contribution in [0.1, 0.15) is 44.7 Å². The average molecular weight is 295 g/mol. The normalized spacial score (nSPS) is 20.4. The maximum Gasteiger partial charge on any atom is 0.240 e. The molecule has 1 aliphatic heterocycles. The Morgan fingerprint density at radius 2 is 2.25 bits per heavy atom. The van der Waals surface area contributed by atoms with Crippen molar-refractivity contribution in [3.8, 4) is 0 Å². The number of likely N-dealkylation sites (tertiary alicyclic amines) is 1. The summed E-state index contributed by atoms with van der Waals surface area (Å²) in [5.41, 5.74) is 7.16. The molecule has 0 radical (unpaired) electrons. The van der Waals surface area contributed by atoms with Crippen molar-refractivity contribution < 1.29 is 4.79 Å². The third-order valence-corrected chi connectivity index (χ3v) is 4.05. The minimum absolute atomic E-state index is 0.0705. The minimum Gasteiger partial charge on any atom is -0.334 e. The molecule has 0 aliphatic carbocycles. The second-order valence-corrected chi connectivity index (χ2v) is 6.42. The summed E-state index contributed by atoms with van der Waals surface area (Å²) in [6.45, 7) is 4.97. The van der Waals surface area contributed by atoms with Crippen LogP contribution >= 0.6 is 11.6 Å². The van der Waals surface area contributed by atoms with Crippen molar-refractivity contribution in [3.05, 3.63) is 34.9 Å². The Morgan fingerprint density at radius 1 is 1.50 bits per heavy atom. The highest BCUT2D eigenvalue weighted by atomic mass is 35.5. The molecule has 1 heterocycles. The summed E-state index contributed by atoms with van der Waals surface area (Å²) in [5, 5.41) is 0.716. The third-order valence-electron chi connectivity index (χ3n) is 3.81. The lowest BCUT2D eigenvalue weighted by atomic mass is 10.0. The molecule has 3 nitrogen and oxygen atoms in total. The first-order valence-corrected chi connectivity index (χ1v) is 7.68. The summed E-state index contributed by atoms with van der Waals surface area (Å²) in [5.74, 6) is 0.502. The van der Waals surface area contributed by atoms with Crippen LogP contribution in [-0.2, 0) is 4.79 Å². The molecule has 0 saturated carbocycles. The van der Waals surface area contributed by atoms with Crippen molar-refractivity contribution in [1.29, 1.82) is 0 Å². The van der Waals surface area contributed by atoms with E-state index in [2.05, 4.69) is 13.8 Å². The zero-order chi connectivity index (χ0) is 14.7. The van der Waals surface area contributed by atoms with Gasteiger partial charge in [-0.25, -0.2) is 0 Å². The van der Waals surface area contributed by atoms with E-state index in [1.165, 1.54) is 0 Å². The first kappa shape index (κ1) is 15.3. The molecule has 1 aliphatic rings. The Morgan fingerprint density at radius 3 is 2.90 bits per heavy atom. The molecule has 1 saturated heterocycles. The van der Waals surface area contributed by atoms with Gasteiger partial charge < -0.3 is 10.6 Å². The van der Waals surface area contributed by atoms with Crippen LogP contribution in [0.5, 0.6) is 0 Å². The van der Waals surface area contributed by atoms with Crippen LogP contribution < -0.4 is 5.73 Å². The van der Waals surface area contributed by atoms with Gasteiger partial charge in [0.05, 0.1) is 12.1 Å². The monoisotopic (exact) mass is 294 g/mol. The van der Waals surface area contributed by atoms with Crippen LogP contribution in [0.25, 0.3) is 0 Å². The lowest BCUT2D eigenvalue weighted by Gasteiger charge is -2.28. The second-order valence-electron chi connectivity index (χ2n) is 5.98. The van der Waals surface area contributed by atoms with Gasteiger partial charge in [0.2, 0.25) is 5.91 Å². The van der Waals surface area contributed by atoms with Gasteiger partial charge in [0, 0.05) is 11.6 Å². The molecular formula is C16H23ClN2O. The van der Waals surface area contributed by atoms with Crippen LogP contribution in [0, 0.1) is 5.92 Å². The van der Waals surface area contributed by atoms with Gasteiger partial charge in [0.15, 0.2) is 0 Å². The van der Waals surface area contributed by atoms with Gasteiger partial charge in [-0.3, -0.25) is 4.79 Å². The van der Waals surface area contributed by atoms with Crippen LogP contribution in [0.2, 0.25) is 5.02 Å². The number of halogens is 1. The Balaban J connectivity index is 2.13. The Labute approximate surface area is 126 Å². The third kappa shape index (κ3) is 3.53. The lowest BCUT2D eigenvalue weighted by Crippen LogP contribution is -2.44. The summed E-state index contributed by atoms with van der Waals surface area (Å²) in [6.07, 6.45) is 2.75. The van der Waals surface area contributed by atoms with Crippen LogP contribution in [-0.4, -0.2) is 23.4 Å². The molecule has 1 amide bonds. The van der Waals surface area contributed by atoms with Gasteiger partial charge >= 0.3 is 0 Å². The van der Waals surface area contributed by atoms with E-state index in [9.17, 15) is 4.79 Å². The Bertz CT molecular complexity index is 475. The van der Waals surface area contributed by atoms with Crippen molar-refractivity contribution in [2.75, 3.05) is 6.54 Å². The Hall–Kier alpha value is -1.06. The van der Waals surface area contributed by atoms with E-state index in [4.69, 9.17) is 17.3 Å². The highest BCUT2D eigenvalue weighted by Gasteiger charge is 2.32. The SMILES string of the molecule is CC(C)C[C@@H](N)C(=O)N1CCCC1c1cccc(Cl)c1. The Kier molecular flexibility index (Phi) is 5.06. The van der Waals surface area contributed by atoms with Gasteiger partial charge in [-0.1, -0.05) is 37.6 Å². The molecule has 2 N–H and O–H groups in total. The summed E-state index contributed by atoms with van der Waals surface area (Å²) >= 11 is 6.05. The topological polar surface area (TPSA) is 46.3 Å². The zero-order valence-corrected chi connectivity index (χ0v) is 12.9. The standard InChI is InChI=1S/C16H23ClN2O/c1-11(2)9-14(18)16(20)19-8-4-7-15(19)12-5-3-6-13(17)10-12/h3,5-6,10-11,14-15H,4,7-9,18H2,1-2H3/t14-,15?/m1/s1. The maximum absolute atomic E-state index is 12.5. The van der Waals surface area contributed by atoms with Gasteiger partial charge in [0.25, 0.3) is 0 Å². The fraction of sp³-hybridized carbons (Fsp3) is 0.562. The zero-order valence-electron chi connectivity index (χ0n) is 12.2. The van der Waals surface area contributed by atoms with E-state index < -0.39 is 6.04 Å². The number of benzene rings is 1. The fourth-order valence-electron chi connectivity index (χ4n) is 2.91. The number of hydrogen-bond acceptors (Lipinski definition) is 2. The van der Waals surface area contributed by atoms with Crippen molar-refractivity contribution in [2.45, 2.75) is 45.2 Å². The van der Waals surface area contributed by atoms with Crippen LogP contribution in [0.4, 0.5) is 0 Å². The average Bonchev–Trinajstić information content (AvgIpc) is 2.86. The van der Waals surface area contributed by atoms with E-state index in [1.54, 1.807) is 0 Å². The molecule has 0 aromatic heterocycles. The van der Waals surface area contributed by atoms with Gasteiger partial charge in [-0.05, 0) is 42.9 Å². The quantitative estimate of drug-likeness (QED) is 0.925. The lowest BCUT2D eigenvalue weighted by molar-refractivity contribution is -0.133. The summed E-state index contributed by atoms with van der Waals surface area (Å²) in [7, 11) is 0. The van der Waals surface area contributed by atoms with Crippen molar-refractivity contribution >= 4 is 17.5 Å². The fourth-order valence-corrected chi connectivity index (χ4v) is 3.11.